The summed E-state index contributed by atoms with van der Waals surface area (Å²) in [5.41, 5.74) is 0.329. The third kappa shape index (κ3) is 3.24. The van der Waals surface area contributed by atoms with Crippen LogP contribution < -0.4 is 5.32 Å². The molecule has 0 saturated heterocycles. The topological polar surface area (TPSA) is 110 Å². The molecule has 4 amide bonds. The monoisotopic (exact) mass is 372 g/mol. The summed E-state index contributed by atoms with van der Waals surface area (Å²) in [7, 11) is 1.34. The van der Waals surface area contributed by atoms with E-state index in [2.05, 4.69) is 5.32 Å². The van der Waals surface area contributed by atoms with E-state index in [9.17, 15) is 24.0 Å². The number of ether oxygens (including phenoxy) is 1. The molecule has 0 aliphatic carbocycles. The quantitative estimate of drug-likeness (QED) is 0.635. The summed E-state index contributed by atoms with van der Waals surface area (Å²) in [6.07, 6.45) is 0. The second-order valence-electron chi connectivity index (χ2n) is 5.36. The Kier molecular flexibility index (Phi) is 4.63. The molecule has 2 aromatic rings. The Hall–Kier alpha value is -3.33. The Morgan fingerprint density at radius 1 is 1.12 bits per heavy atom. The molecule has 8 nitrogen and oxygen atoms in total. The molecule has 0 radical (unpaired) electrons. The average Bonchev–Trinajstić information content (AvgIpc) is 3.24. The Bertz CT molecular complexity index is 935. The number of carbonyl (C=O) groups excluding carboxylic acids is 5. The van der Waals surface area contributed by atoms with Gasteiger partial charge >= 0.3 is 5.97 Å². The lowest BCUT2D eigenvalue weighted by atomic mass is 10.1. The van der Waals surface area contributed by atoms with Gasteiger partial charge in [-0.3, -0.25) is 29.4 Å². The highest BCUT2D eigenvalue weighted by atomic mass is 32.1. The van der Waals surface area contributed by atoms with Crippen LogP contribution >= 0.6 is 11.3 Å². The second kappa shape index (κ2) is 6.89. The lowest BCUT2D eigenvalue weighted by Crippen LogP contribution is -2.33. The molecule has 3 rings (SSSR count). The van der Waals surface area contributed by atoms with Gasteiger partial charge in [-0.2, -0.15) is 0 Å². The van der Waals surface area contributed by atoms with Crippen LogP contribution in [-0.4, -0.2) is 48.2 Å². The lowest BCUT2D eigenvalue weighted by Gasteiger charge is -2.06. The predicted octanol–water partition coefficient (Wildman–Crippen LogP) is 1.09. The van der Waals surface area contributed by atoms with E-state index in [0.717, 1.165) is 4.90 Å². The molecule has 1 aliphatic heterocycles. The first-order valence-corrected chi connectivity index (χ1v) is 8.27. The highest BCUT2D eigenvalue weighted by Gasteiger charge is 2.33. The number of nitrogens with zero attached hydrogens (tertiary/aromatic N) is 1. The number of hydrogen-bond acceptors (Lipinski definition) is 7. The van der Waals surface area contributed by atoms with Crippen LogP contribution in [0.3, 0.4) is 0 Å². The summed E-state index contributed by atoms with van der Waals surface area (Å²) in [6, 6.07) is 7.16. The maximum Gasteiger partial charge on any atom is 0.338 e. The van der Waals surface area contributed by atoms with E-state index < -0.39 is 36.2 Å². The van der Waals surface area contributed by atoms with Crippen molar-refractivity contribution >= 4 is 40.9 Å². The Morgan fingerprint density at radius 3 is 2.54 bits per heavy atom. The van der Waals surface area contributed by atoms with Crippen molar-refractivity contribution in [2.45, 2.75) is 0 Å². The number of amides is 4. The largest absolute Gasteiger partial charge is 0.452 e. The van der Waals surface area contributed by atoms with E-state index in [-0.39, 0.29) is 16.7 Å². The van der Waals surface area contributed by atoms with Gasteiger partial charge in [0, 0.05) is 7.05 Å². The molecule has 1 aliphatic rings. The number of fused-ring (bicyclic) bond motifs is 1. The zero-order valence-electron chi connectivity index (χ0n) is 13.5. The standard InChI is InChI=1S/C17H12N2O6S/c1-19-15(22)10-5-4-9(7-11(10)16(19)23)17(24)25-8-13(20)18-14(21)12-3-2-6-26-12/h2-7H,8H2,1H3,(H,18,20,21). The van der Waals surface area contributed by atoms with E-state index in [1.165, 1.54) is 36.6 Å². The molecule has 132 valence electrons. The van der Waals surface area contributed by atoms with Crippen LogP contribution in [0.2, 0.25) is 0 Å². The van der Waals surface area contributed by atoms with Crippen molar-refractivity contribution in [3.63, 3.8) is 0 Å². The molecule has 1 aromatic carbocycles. The van der Waals surface area contributed by atoms with Crippen LogP contribution in [0, 0.1) is 0 Å². The van der Waals surface area contributed by atoms with E-state index in [1.807, 2.05) is 0 Å². The van der Waals surface area contributed by atoms with E-state index in [4.69, 9.17) is 4.74 Å². The molecule has 1 aromatic heterocycles. The minimum absolute atomic E-state index is 0.0255. The molecule has 1 N–H and O–H groups in total. The van der Waals surface area contributed by atoms with Gasteiger partial charge in [0.2, 0.25) is 0 Å². The van der Waals surface area contributed by atoms with E-state index in [0.29, 0.717) is 4.88 Å². The number of thiophene rings is 1. The minimum Gasteiger partial charge on any atom is -0.452 e. The van der Waals surface area contributed by atoms with E-state index in [1.54, 1.807) is 17.5 Å². The van der Waals surface area contributed by atoms with Crippen molar-refractivity contribution in [3.05, 3.63) is 57.3 Å². The van der Waals surface area contributed by atoms with Crippen molar-refractivity contribution < 1.29 is 28.7 Å². The number of rotatable bonds is 4. The fourth-order valence-corrected chi connectivity index (χ4v) is 2.95. The molecule has 0 saturated carbocycles. The SMILES string of the molecule is CN1C(=O)c2ccc(C(=O)OCC(=O)NC(=O)c3cccs3)cc2C1=O. The first-order chi connectivity index (χ1) is 12.4. The Labute approximate surface area is 151 Å². The first-order valence-electron chi connectivity index (χ1n) is 7.39. The fourth-order valence-electron chi connectivity index (χ4n) is 2.33. The zero-order chi connectivity index (χ0) is 18.8. The van der Waals surface area contributed by atoms with Gasteiger partial charge in [0.15, 0.2) is 6.61 Å². The van der Waals surface area contributed by atoms with Gasteiger partial charge in [0.1, 0.15) is 0 Å². The van der Waals surface area contributed by atoms with Crippen LogP contribution in [0.1, 0.15) is 40.7 Å². The van der Waals surface area contributed by atoms with E-state index >= 15 is 0 Å². The van der Waals surface area contributed by atoms with Crippen molar-refractivity contribution in [1.82, 2.24) is 10.2 Å². The van der Waals surface area contributed by atoms with Gasteiger partial charge in [-0.15, -0.1) is 11.3 Å². The predicted molar refractivity (Wildman–Crippen MR) is 89.9 cm³/mol. The zero-order valence-corrected chi connectivity index (χ0v) is 14.3. The maximum atomic E-state index is 12.0. The fraction of sp³-hybridized carbons (Fsp3) is 0.118. The summed E-state index contributed by atoms with van der Waals surface area (Å²) in [5.74, 6) is -3.16. The average molecular weight is 372 g/mol. The van der Waals surface area contributed by atoms with Crippen LogP contribution in [0.4, 0.5) is 0 Å². The van der Waals surface area contributed by atoms with Gasteiger partial charge in [0.05, 0.1) is 21.6 Å². The first kappa shape index (κ1) is 17.5. The van der Waals surface area contributed by atoms with Crippen LogP contribution in [0.5, 0.6) is 0 Å². The number of nitrogens with one attached hydrogen (secondary N) is 1. The number of carbonyl (C=O) groups is 5. The Morgan fingerprint density at radius 2 is 1.85 bits per heavy atom. The molecule has 0 spiro atoms. The summed E-state index contributed by atoms with van der Waals surface area (Å²) >= 11 is 1.17. The molecule has 0 unspecified atom stereocenters. The molecule has 0 bridgehead atoms. The second-order valence-corrected chi connectivity index (χ2v) is 6.31. The van der Waals surface area contributed by atoms with Gasteiger partial charge in [-0.1, -0.05) is 6.07 Å². The molecular weight excluding hydrogens is 360 g/mol. The van der Waals surface area contributed by atoms with Crippen molar-refractivity contribution in [3.8, 4) is 0 Å². The smallest absolute Gasteiger partial charge is 0.338 e. The van der Waals surface area contributed by atoms with Gasteiger partial charge in [-0.25, -0.2) is 4.79 Å². The maximum absolute atomic E-state index is 12.0. The van der Waals surface area contributed by atoms with Gasteiger partial charge in [0.25, 0.3) is 23.6 Å². The summed E-state index contributed by atoms with van der Waals surface area (Å²) in [6.45, 7) is -0.653. The van der Waals surface area contributed by atoms with Crippen LogP contribution in [0.25, 0.3) is 0 Å². The lowest BCUT2D eigenvalue weighted by molar-refractivity contribution is -0.123. The normalized spacial score (nSPS) is 12.7. The molecule has 2 heterocycles. The number of esters is 1. The summed E-state index contributed by atoms with van der Waals surface area (Å²) < 4.78 is 4.85. The molecule has 9 heteroatoms. The summed E-state index contributed by atoms with van der Waals surface area (Å²) in [4.78, 5) is 60.5. The third-order valence-corrected chi connectivity index (χ3v) is 4.53. The Balaban J connectivity index is 1.61. The molecular formula is C17H12N2O6S. The van der Waals surface area contributed by atoms with Crippen LogP contribution in [-0.2, 0) is 9.53 Å². The molecule has 26 heavy (non-hydrogen) atoms. The minimum atomic E-state index is -0.846. The number of hydrogen-bond donors (Lipinski definition) is 1. The summed E-state index contributed by atoms with van der Waals surface area (Å²) in [5, 5.41) is 3.79. The highest BCUT2D eigenvalue weighted by molar-refractivity contribution is 7.12. The van der Waals surface area contributed by atoms with Crippen LogP contribution in [0.15, 0.2) is 35.7 Å². The highest BCUT2D eigenvalue weighted by Crippen LogP contribution is 2.23. The third-order valence-electron chi connectivity index (χ3n) is 3.66. The van der Waals surface area contributed by atoms with Gasteiger partial charge in [-0.05, 0) is 29.6 Å². The molecule has 0 atom stereocenters. The van der Waals surface area contributed by atoms with Crippen molar-refractivity contribution in [1.29, 1.82) is 0 Å². The van der Waals surface area contributed by atoms with Gasteiger partial charge < -0.3 is 4.74 Å². The number of imide groups is 2. The molecule has 0 fully saturated rings. The van der Waals surface area contributed by atoms with Crippen molar-refractivity contribution in [2.75, 3.05) is 13.7 Å². The van der Waals surface area contributed by atoms with Crippen molar-refractivity contribution in [2.24, 2.45) is 0 Å². The number of benzene rings is 1.